The predicted molar refractivity (Wildman–Crippen MR) is 114 cm³/mol. The fourth-order valence-electron chi connectivity index (χ4n) is 4.16. The van der Waals surface area contributed by atoms with E-state index >= 15 is 0 Å². The van der Waals surface area contributed by atoms with Crippen molar-refractivity contribution in [2.75, 3.05) is 6.61 Å². The Morgan fingerprint density at radius 1 is 0.875 bits per heavy atom. The molecule has 1 saturated heterocycles. The smallest absolute Gasteiger partial charge is 0.306 e. The second kappa shape index (κ2) is 8.58. The van der Waals surface area contributed by atoms with Gasteiger partial charge < -0.3 is 4.74 Å². The van der Waals surface area contributed by atoms with E-state index in [1.807, 2.05) is 13.8 Å². The van der Waals surface area contributed by atoms with Crippen LogP contribution in [0.3, 0.4) is 0 Å². The van der Waals surface area contributed by atoms with E-state index in [0.29, 0.717) is 0 Å². The van der Waals surface area contributed by atoms with Crippen LogP contribution in [0, 0.1) is 25.7 Å². The Labute approximate surface area is 187 Å². The van der Waals surface area contributed by atoms with Gasteiger partial charge >= 0.3 is 5.97 Å². The van der Waals surface area contributed by atoms with Gasteiger partial charge in [0.25, 0.3) is 20.2 Å². The second-order valence-electron chi connectivity index (χ2n) is 8.25. The first kappa shape index (κ1) is 22.9. The molecule has 0 N–H and O–H groups in total. The minimum Gasteiger partial charge on any atom is -0.462 e. The quantitative estimate of drug-likeness (QED) is 0.439. The molecule has 1 saturated carbocycles. The molecule has 0 unspecified atom stereocenters. The molecule has 4 atom stereocenters. The lowest BCUT2D eigenvalue weighted by molar-refractivity contribution is -0.141. The summed E-state index contributed by atoms with van der Waals surface area (Å²) in [6.07, 6.45) is -1.19. The maximum absolute atomic E-state index is 12.8. The highest BCUT2D eigenvalue weighted by molar-refractivity contribution is 7.87. The maximum Gasteiger partial charge on any atom is 0.306 e. The number of rotatable bonds is 7. The van der Waals surface area contributed by atoms with Gasteiger partial charge in [-0.3, -0.25) is 13.2 Å². The number of aryl methyl sites for hydroxylation is 2. The van der Waals surface area contributed by atoms with Gasteiger partial charge in [0.2, 0.25) is 0 Å². The Hall–Kier alpha value is -2.27. The van der Waals surface area contributed by atoms with Crippen molar-refractivity contribution in [1.29, 1.82) is 0 Å². The minimum absolute atomic E-state index is 0.00106. The highest BCUT2D eigenvalue weighted by Gasteiger charge is 2.52. The van der Waals surface area contributed by atoms with Gasteiger partial charge in [-0.15, -0.1) is 0 Å². The number of carbonyl (C=O) groups excluding carboxylic acids is 1. The molecule has 0 radical (unpaired) electrons. The van der Waals surface area contributed by atoms with E-state index in [2.05, 4.69) is 0 Å². The lowest BCUT2D eigenvalue weighted by atomic mass is 9.93. The Kier molecular flexibility index (Phi) is 6.15. The van der Waals surface area contributed by atoms with Gasteiger partial charge in [-0.05, 0) is 38.1 Å². The Morgan fingerprint density at radius 3 is 1.97 bits per heavy atom. The van der Waals surface area contributed by atoms with Crippen LogP contribution < -0.4 is 0 Å². The monoisotopic (exact) mass is 480 g/mol. The van der Waals surface area contributed by atoms with E-state index < -0.39 is 44.3 Å². The van der Waals surface area contributed by atoms with Crippen molar-refractivity contribution in [1.82, 2.24) is 0 Å². The Morgan fingerprint density at radius 2 is 1.41 bits per heavy atom. The molecule has 2 aliphatic rings. The van der Waals surface area contributed by atoms with Crippen LogP contribution in [0.4, 0.5) is 0 Å². The molecule has 0 spiro atoms. The predicted octanol–water partition coefficient (Wildman–Crippen LogP) is 2.73. The highest BCUT2D eigenvalue weighted by Crippen LogP contribution is 2.44. The average Bonchev–Trinajstić information content (AvgIpc) is 3.22. The number of hydrogen-bond donors (Lipinski definition) is 0. The molecule has 1 aliphatic heterocycles. The summed E-state index contributed by atoms with van der Waals surface area (Å²) in [5, 5.41) is 0. The molecular formula is C22H24O8S2. The molecule has 32 heavy (non-hydrogen) atoms. The molecule has 2 aromatic carbocycles. The van der Waals surface area contributed by atoms with Gasteiger partial charge in [0.15, 0.2) is 0 Å². The van der Waals surface area contributed by atoms with Gasteiger partial charge in [0.05, 0.1) is 28.9 Å². The standard InChI is InChI=1S/C22H24O8S2/c1-14-3-7-16(8-4-14)31(24,25)28-13-19-18-11-22(23)29-20(18)12-21(19)30-32(26,27)17-9-5-15(2)6-10-17/h3-10,18-21H,11-13H2,1-2H3/t18-,19-,20+,21-/m1/s1. The van der Waals surface area contributed by atoms with Crippen LogP contribution in [0.2, 0.25) is 0 Å². The fraction of sp³-hybridized carbons (Fsp3) is 0.409. The molecule has 4 rings (SSSR count). The zero-order valence-corrected chi connectivity index (χ0v) is 19.3. The van der Waals surface area contributed by atoms with Gasteiger partial charge in [-0.2, -0.15) is 16.8 Å². The van der Waals surface area contributed by atoms with Crippen LogP contribution in [-0.2, 0) is 38.1 Å². The molecule has 172 valence electrons. The van der Waals surface area contributed by atoms with Crippen LogP contribution in [-0.4, -0.2) is 41.6 Å². The van der Waals surface area contributed by atoms with Crippen LogP contribution in [0.1, 0.15) is 24.0 Å². The molecule has 1 heterocycles. The number of hydrogen-bond acceptors (Lipinski definition) is 8. The molecule has 2 fully saturated rings. The summed E-state index contributed by atoms with van der Waals surface area (Å²) in [5.74, 6) is -1.42. The van der Waals surface area contributed by atoms with Crippen molar-refractivity contribution in [2.45, 2.75) is 48.7 Å². The third-order valence-electron chi connectivity index (χ3n) is 5.94. The summed E-state index contributed by atoms with van der Waals surface area (Å²) in [4.78, 5) is 11.8. The van der Waals surface area contributed by atoms with E-state index in [0.717, 1.165) is 11.1 Å². The van der Waals surface area contributed by atoms with E-state index in [-0.39, 0.29) is 35.2 Å². The Balaban J connectivity index is 1.53. The van der Waals surface area contributed by atoms with E-state index in [1.54, 1.807) is 24.3 Å². The van der Waals surface area contributed by atoms with Crippen molar-refractivity contribution in [2.24, 2.45) is 11.8 Å². The zero-order valence-electron chi connectivity index (χ0n) is 17.6. The van der Waals surface area contributed by atoms with Crippen LogP contribution in [0.15, 0.2) is 58.3 Å². The summed E-state index contributed by atoms with van der Waals surface area (Å²) in [6.45, 7) is 3.36. The topological polar surface area (TPSA) is 113 Å². The third-order valence-corrected chi connectivity index (χ3v) is 8.59. The van der Waals surface area contributed by atoms with Crippen molar-refractivity contribution in [3.8, 4) is 0 Å². The van der Waals surface area contributed by atoms with Crippen LogP contribution in [0.5, 0.6) is 0 Å². The molecule has 8 nitrogen and oxygen atoms in total. The number of esters is 1. The molecule has 0 aromatic heterocycles. The highest BCUT2D eigenvalue weighted by atomic mass is 32.2. The van der Waals surface area contributed by atoms with Crippen molar-refractivity contribution >= 4 is 26.2 Å². The lowest BCUT2D eigenvalue weighted by Gasteiger charge is -2.22. The first-order valence-corrected chi connectivity index (χ1v) is 13.0. The lowest BCUT2D eigenvalue weighted by Crippen LogP contribution is -2.30. The van der Waals surface area contributed by atoms with E-state index in [9.17, 15) is 21.6 Å². The fourth-order valence-corrected chi connectivity index (χ4v) is 6.23. The normalized spacial score (nSPS) is 25.5. The molecule has 0 bridgehead atoms. The van der Waals surface area contributed by atoms with Crippen molar-refractivity contribution in [3.05, 3.63) is 59.7 Å². The average molecular weight is 481 g/mol. The summed E-state index contributed by atoms with van der Waals surface area (Å²) in [6, 6.07) is 12.4. The van der Waals surface area contributed by atoms with E-state index in [4.69, 9.17) is 13.1 Å². The summed E-state index contributed by atoms with van der Waals surface area (Å²) >= 11 is 0. The number of carbonyl (C=O) groups is 1. The molecule has 10 heteroatoms. The third kappa shape index (κ3) is 4.73. The first-order valence-electron chi connectivity index (χ1n) is 10.2. The summed E-state index contributed by atoms with van der Waals surface area (Å²) in [5.41, 5.74) is 1.80. The van der Waals surface area contributed by atoms with Gasteiger partial charge in [-0.1, -0.05) is 35.4 Å². The minimum atomic E-state index is -4.09. The van der Waals surface area contributed by atoms with Crippen LogP contribution in [0.25, 0.3) is 0 Å². The molecular weight excluding hydrogens is 456 g/mol. The number of benzene rings is 2. The Bertz CT molecular complexity index is 1200. The molecule has 1 aliphatic carbocycles. The number of ether oxygens (including phenoxy) is 1. The molecule has 0 amide bonds. The SMILES string of the molecule is Cc1ccc(S(=O)(=O)OC[C@@H]2[C@H]3CC(=O)O[C@H]3C[C@H]2OS(=O)(=O)c2ccc(C)cc2)cc1. The van der Waals surface area contributed by atoms with Crippen molar-refractivity contribution in [3.63, 3.8) is 0 Å². The number of fused-ring (bicyclic) bond motifs is 1. The zero-order chi connectivity index (χ0) is 23.1. The maximum atomic E-state index is 12.8. The van der Waals surface area contributed by atoms with Gasteiger partial charge in [0, 0.05) is 18.3 Å². The second-order valence-corrected chi connectivity index (χ2v) is 11.4. The summed E-state index contributed by atoms with van der Waals surface area (Å²) < 4.78 is 66.9. The summed E-state index contributed by atoms with van der Waals surface area (Å²) in [7, 11) is -8.16. The van der Waals surface area contributed by atoms with Crippen molar-refractivity contribution < 1.29 is 34.7 Å². The van der Waals surface area contributed by atoms with Gasteiger partial charge in [0.1, 0.15) is 6.10 Å². The van der Waals surface area contributed by atoms with Crippen LogP contribution >= 0.6 is 0 Å². The molecule has 2 aromatic rings. The first-order chi connectivity index (χ1) is 15.0. The largest absolute Gasteiger partial charge is 0.462 e. The van der Waals surface area contributed by atoms with Gasteiger partial charge in [-0.25, -0.2) is 0 Å². The van der Waals surface area contributed by atoms with E-state index in [1.165, 1.54) is 24.3 Å².